The Balaban J connectivity index is 1.17. The van der Waals surface area contributed by atoms with Gasteiger partial charge in [0.1, 0.15) is 0 Å². The fraction of sp³-hybridized carbons (Fsp3) is 0.231. The second kappa shape index (κ2) is 27.5. The van der Waals surface area contributed by atoms with Crippen LogP contribution in [0.2, 0.25) is 0 Å². The van der Waals surface area contributed by atoms with Crippen LogP contribution in [-0.2, 0) is 47.3 Å². The van der Waals surface area contributed by atoms with E-state index in [1.165, 1.54) is 121 Å². The van der Waals surface area contributed by atoms with Crippen LogP contribution >= 0.6 is 0 Å². The first kappa shape index (κ1) is 71.1. The van der Waals surface area contributed by atoms with E-state index in [0.717, 1.165) is 92.7 Å². The van der Waals surface area contributed by atoms with E-state index >= 15 is 0 Å². The van der Waals surface area contributed by atoms with Crippen LogP contribution in [0.15, 0.2) is 279 Å². The molecule has 0 unspecified atom stereocenters. The van der Waals surface area contributed by atoms with E-state index in [9.17, 15) is 0 Å². The lowest BCUT2D eigenvalue weighted by molar-refractivity contribution is 0.590. The second-order valence-electron chi connectivity index (χ2n) is 34.0. The molecule has 4 nitrogen and oxygen atoms in total. The minimum Gasteiger partial charge on any atom is -0.309 e. The molecule has 0 aliphatic carbocycles. The number of hydrogen-bond acceptors (Lipinski definition) is 4. The molecule has 0 radical (unpaired) electrons. The van der Waals surface area contributed by atoms with Crippen LogP contribution in [0.3, 0.4) is 0 Å². The fourth-order valence-corrected chi connectivity index (χ4v) is 17.1. The van der Waals surface area contributed by atoms with Gasteiger partial charge in [-0.25, -0.2) is 0 Å². The molecular weight excluding hydrogens is 1310 g/mol. The van der Waals surface area contributed by atoms with Crippen molar-refractivity contribution in [1.29, 1.82) is 0 Å². The van der Waals surface area contributed by atoms with Crippen molar-refractivity contribution in [2.24, 2.45) is 0 Å². The average molecular weight is 1410 g/mol. The predicted octanol–water partition coefficient (Wildman–Crippen LogP) is 30.5. The summed E-state index contributed by atoms with van der Waals surface area (Å²) >= 11 is 0. The summed E-state index contributed by atoms with van der Waals surface area (Å²) in [6.45, 7) is 37.2. The van der Waals surface area contributed by atoms with Crippen molar-refractivity contribution in [1.82, 2.24) is 0 Å². The van der Waals surface area contributed by atoms with Crippen molar-refractivity contribution in [3.8, 4) is 0 Å². The lowest BCUT2D eigenvalue weighted by atomic mass is 9.86. The molecule has 0 bridgehead atoms. The van der Waals surface area contributed by atoms with Crippen molar-refractivity contribution in [2.75, 3.05) is 19.6 Å². The lowest BCUT2D eigenvalue weighted by Gasteiger charge is -2.37. The Hall–Kier alpha value is -11.2. The zero-order chi connectivity index (χ0) is 75.3. The molecule has 0 heterocycles. The summed E-state index contributed by atoms with van der Waals surface area (Å²) in [5.74, 6) is 0. The average Bonchev–Trinajstić information content (AvgIpc) is 0.695. The molecule has 0 fully saturated rings. The first-order chi connectivity index (χ1) is 51.9. The SMILES string of the molecule is CCc1ccc2ccccc2c1N(c1ccc(C(C)(C)C)cc1)c1cc(N(c2ccc(C(C)(C)C)cc2)c2c(CC)ccc3ccccc23)c2ccc3c(N(c4ccc(C(C)(C)C)cc4)c4c(CC)ccc5ccccc45)cc(N(c4ccc(C(C)(C)C)cc4)c4c(CC)ccc5ccccc45)c4ccc1c2c43. The summed E-state index contributed by atoms with van der Waals surface area (Å²) in [4.78, 5) is 10.6. The molecule has 16 aromatic carbocycles. The molecule has 0 N–H and O–H groups in total. The molecule has 4 heteroatoms. The van der Waals surface area contributed by atoms with Gasteiger partial charge in [-0.1, -0.05) is 329 Å². The molecule has 108 heavy (non-hydrogen) atoms. The normalized spacial score (nSPS) is 12.4. The molecule has 0 saturated carbocycles. The number of anilines is 12. The molecular formula is C104H102N4. The van der Waals surface area contributed by atoms with Crippen LogP contribution in [0, 0.1) is 0 Å². The highest BCUT2D eigenvalue weighted by Gasteiger charge is 2.34. The standard InChI is InChI=1S/C104H102N4/c1-17-67-37-41-71-29-21-25-33-83(71)97(67)105(79-53-45-75(46-54-79)101(5,6)7)91-65-92(106(80-55-47-76(48-56-80)102(8,9)10)98-68(18-2)38-42-72-30-22-26-34-84(72)98)88-63-64-90-94(108(82-59-51-78(52-60-82)104(14,15)16)100-70(20-4)40-44-74-32-24-28-36-86(74)100)66-93(89-62-61-87(91)95(88)96(89)90)107(81-57-49-77(50-58-81)103(11,12)13)99-69(19-3)39-43-73-31-23-27-35-85(73)99/h21-66H,17-20H2,1-16H3. The van der Waals surface area contributed by atoms with E-state index in [0.29, 0.717) is 0 Å². The third-order valence-electron chi connectivity index (χ3n) is 23.1. The second-order valence-corrected chi connectivity index (χ2v) is 34.0. The Kier molecular flexibility index (Phi) is 18.1. The molecule has 16 rings (SSSR count). The molecule has 0 spiro atoms. The minimum absolute atomic E-state index is 0.0790. The Morgan fingerprint density at radius 3 is 0.583 bits per heavy atom. The number of aryl methyl sites for hydroxylation is 4. The van der Waals surface area contributed by atoms with Crippen LogP contribution in [0.5, 0.6) is 0 Å². The van der Waals surface area contributed by atoms with Crippen molar-refractivity contribution in [3.05, 3.63) is 324 Å². The fourth-order valence-electron chi connectivity index (χ4n) is 17.1. The maximum absolute atomic E-state index is 2.66. The van der Waals surface area contributed by atoms with Gasteiger partial charge in [0.15, 0.2) is 0 Å². The number of benzene rings is 16. The van der Waals surface area contributed by atoms with Gasteiger partial charge in [0.25, 0.3) is 0 Å². The van der Waals surface area contributed by atoms with Gasteiger partial charge in [-0.3, -0.25) is 0 Å². The quantitative estimate of drug-likeness (QED) is 0.0894. The number of fused-ring (bicyclic) bond motifs is 4. The number of nitrogens with zero attached hydrogens (tertiary/aromatic N) is 4. The summed E-state index contributed by atoms with van der Waals surface area (Å²) in [6, 6.07) is 108. The molecule has 0 aliphatic rings. The summed E-state index contributed by atoms with van der Waals surface area (Å²) in [5.41, 5.74) is 23.4. The highest BCUT2D eigenvalue weighted by Crippen LogP contribution is 2.58. The van der Waals surface area contributed by atoms with E-state index < -0.39 is 0 Å². The van der Waals surface area contributed by atoms with Crippen LogP contribution < -0.4 is 19.6 Å². The molecule has 0 amide bonds. The van der Waals surface area contributed by atoms with Crippen LogP contribution in [0.1, 0.15) is 155 Å². The van der Waals surface area contributed by atoms with E-state index in [4.69, 9.17) is 0 Å². The Morgan fingerprint density at radius 1 is 0.204 bits per heavy atom. The Bertz CT molecular complexity index is 5330. The third-order valence-corrected chi connectivity index (χ3v) is 23.1. The highest BCUT2D eigenvalue weighted by molar-refractivity contribution is 6.34. The van der Waals surface area contributed by atoms with E-state index in [2.05, 4.69) is 409 Å². The van der Waals surface area contributed by atoms with Gasteiger partial charge in [-0.2, -0.15) is 0 Å². The van der Waals surface area contributed by atoms with Crippen LogP contribution in [0.25, 0.3) is 75.4 Å². The summed E-state index contributed by atoms with van der Waals surface area (Å²) in [5, 5.41) is 16.6. The third kappa shape index (κ3) is 12.5. The van der Waals surface area contributed by atoms with Crippen molar-refractivity contribution >= 4 is 144 Å². The molecule has 16 aromatic rings. The monoisotopic (exact) mass is 1410 g/mol. The van der Waals surface area contributed by atoms with E-state index in [1.807, 2.05) is 0 Å². The first-order valence-electron chi connectivity index (χ1n) is 39.4. The van der Waals surface area contributed by atoms with Gasteiger partial charge in [-0.05, 0) is 174 Å². The first-order valence-corrected chi connectivity index (χ1v) is 39.4. The summed E-state index contributed by atoms with van der Waals surface area (Å²) in [7, 11) is 0. The van der Waals surface area contributed by atoms with Gasteiger partial charge < -0.3 is 19.6 Å². The van der Waals surface area contributed by atoms with Gasteiger partial charge >= 0.3 is 0 Å². The highest BCUT2D eigenvalue weighted by atomic mass is 15.2. The van der Waals surface area contributed by atoms with Crippen LogP contribution in [-0.4, -0.2) is 0 Å². The van der Waals surface area contributed by atoms with Gasteiger partial charge in [0.05, 0.1) is 45.5 Å². The van der Waals surface area contributed by atoms with Gasteiger partial charge in [-0.15, -0.1) is 0 Å². The summed E-state index contributed by atoms with van der Waals surface area (Å²) < 4.78 is 0. The molecule has 0 aromatic heterocycles. The minimum atomic E-state index is -0.0790. The maximum Gasteiger partial charge on any atom is 0.0572 e. The lowest BCUT2D eigenvalue weighted by Crippen LogP contribution is -2.19. The Morgan fingerprint density at radius 2 is 0.398 bits per heavy atom. The zero-order valence-electron chi connectivity index (χ0n) is 66.2. The van der Waals surface area contributed by atoms with E-state index in [1.54, 1.807) is 0 Å². The largest absolute Gasteiger partial charge is 0.309 e. The van der Waals surface area contributed by atoms with Crippen molar-refractivity contribution in [3.63, 3.8) is 0 Å². The Labute approximate surface area is 640 Å². The predicted molar refractivity (Wildman–Crippen MR) is 471 cm³/mol. The topological polar surface area (TPSA) is 13.0 Å². The van der Waals surface area contributed by atoms with Crippen molar-refractivity contribution < 1.29 is 0 Å². The molecule has 0 saturated heterocycles. The van der Waals surface area contributed by atoms with Gasteiger partial charge in [0.2, 0.25) is 0 Å². The van der Waals surface area contributed by atoms with Crippen LogP contribution in [0.4, 0.5) is 68.2 Å². The number of rotatable bonds is 16. The van der Waals surface area contributed by atoms with Crippen molar-refractivity contribution in [2.45, 2.75) is 158 Å². The van der Waals surface area contributed by atoms with E-state index in [-0.39, 0.29) is 21.7 Å². The molecule has 0 atom stereocenters. The zero-order valence-corrected chi connectivity index (χ0v) is 66.2. The van der Waals surface area contributed by atoms with Gasteiger partial charge in [0, 0.05) is 76.6 Å². The molecule has 0 aliphatic heterocycles. The smallest absolute Gasteiger partial charge is 0.0572 e. The summed E-state index contributed by atoms with van der Waals surface area (Å²) in [6.07, 6.45) is 3.30. The molecule has 538 valence electrons. The number of hydrogen-bond donors (Lipinski definition) is 0. The maximum atomic E-state index is 2.66.